The summed E-state index contributed by atoms with van der Waals surface area (Å²) in [7, 11) is 0. The highest BCUT2D eigenvalue weighted by Crippen LogP contribution is 2.48. The molecule has 5 rings (SSSR count). The molecule has 0 bridgehead atoms. The molecular weight excluding hydrogens is 352 g/mol. The van der Waals surface area contributed by atoms with E-state index in [0.29, 0.717) is 47.2 Å². The van der Waals surface area contributed by atoms with Crippen molar-refractivity contribution < 1.29 is 28.5 Å². The van der Waals surface area contributed by atoms with E-state index in [2.05, 4.69) is 10.6 Å². The molecule has 0 unspecified atom stereocenters. The third-order valence-electron chi connectivity index (χ3n) is 4.88. The van der Waals surface area contributed by atoms with Crippen molar-refractivity contribution >= 4 is 23.2 Å². The van der Waals surface area contributed by atoms with Gasteiger partial charge in [0, 0.05) is 23.5 Å². The van der Waals surface area contributed by atoms with Crippen molar-refractivity contribution in [1.82, 2.24) is 0 Å². The highest BCUT2D eigenvalue weighted by atomic mass is 16.7. The molecule has 0 atom stereocenters. The van der Waals surface area contributed by atoms with Gasteiger partial charge in [-0.2, -0.15) is 0 Å². The number of benzene rings is 2. The lowest BCUT2D eigenvalue weighted by molar-refractivity contribution is -0.131. The van der Waals surface area contributed by atoms with Crippen LogP contribution >= 0.6 is 0 Å². The van der Waals surface area contributed by atoms with Gasteiger partial charge in [-0.15, -0.1) is 0 Å². The molecule has 2 aromatic rings. The number of carbonyl (C=O) groups is 2. The Morgan fingerprint density at radius 1 is 0.704 bits per heavy atom. The van der Waals surface area contributed by atoms with E-state index >= 15 is 0 Å². The fourth-order valence-electron chi connectivity index (χ4n) is 3.13. The van der Waals surface area contributed by atoms with Gasteiger partial charge in [0.1, 0.15) is 5.41 Å². The van der Waals surface area contributed by atoms with Crippen LogP contribution in [0.4, 0.5) is 11.4 Å². The summed E-state index contributed by atoms with van der Waals surface area (Å²) in [6.45, 7) is 0.323. The summed E-state index contributed by atoms with van der Waals surface area (Å²) in [5.41, 5.74) is 0.0602. The molecule has 0 aromatic heterocycles. The van der Waals surface area contributed by atoms with Gasteiger partial charge in [0.25, 0.3) is 0 Å². The third kappa shape index (κ3) is 2.69. The molecule has 1 fully saturated rings. The first-order valence-corrected chi connectivity index (χ1v) is 8.56. The van der Waals surface area contributed by atoms with Crippen LogP contribution in [0.5, 0.6) is 23.0 Å². The number of carbonyl (C=O) groups excluding carboxylic acids is 2. The van der Waals surface area contributed by atoms with Gasteiger partial charge in [0.15, 0.2) is 23.0 Å². The largest absolute Gasteiger partial charge is 0.454 e. The Morgan fingerprint density at radius 2 is 1.15 bits per heavy atom. The van der Waals surface area contributed by atoms with E-state index in [4.69, 9.17) is 18.9 Å². The Kier molecular flexibility index (Phi) is 3.40. The first-order valence-electron chi connectivity index (χ1n) is 8.56. The summed E-state index contributed by atoms with van der Waals surface area (Å²) < 4.78 is 21.1. The lowest BCUT2D eigenvalue weighted by atomic mass is 10.0. The van der Waals surface area contributed by atoms with Gasteiger partial charge in [-0.3, -0.25) is 9.59 Å². The van der Waals surface area contributed by atoms with Gasteiger partial charge in [-0.05, 0) is 37.1 Å². The van der Waals surface area contributed by atoms with Gasteiger partial charge in [-0.25, -0.2) is 0 Å². The second-order valence-electron chi connectivity index (χ2n) is 6.63. The van der Waals surface area contributed by atoms with E-state index in [1.807, 2.05) is 0 Å². The molecule has 2 amide bonds. The molecule has 27 heavy (non-hydrogen) atoms. The van der Waals surface area contributed by atoms with E-state index in [9.17, 15) is 9.59 Å². The topological polar surface area (TPSA) is 95.1 Å². The highest BCUT2D eigenvalue weighted by Gasteiger charge is 2.56. The van der Waals surface area contributed by atoms with Gasteiger partial charge in [0.05, 0.1) is 0 Å². The predicted molar refractivity (Wildman–Crippen MR) is 94.1 cm³/mol. The fourth-order valence-corrected chi connectivity index (χ4v) is 3.13. The molecule has 2 N–H and O–H groups in total. The summed E-state index contributed by atoms with van der Waals surface area (Å²) in [5.74, 6) is 1.74. The van der Waals surface area contributed by atoms with Crippen molar-refractivity contribution in [3.63, 3.8) is 0 Å². The number of fused-ring (bicyclic) bond motifs is 2. The summed E-state index contributed by atoms with van der Waals surface area (Å²) in [6.07, 6.45) is 1.000. The van der Waals surface area contributed by atoms with Crippen molar-refractivity contribution in [2.24, 2.45) is 5.41 Å². The minimum absolute atomic E-state index is 0.161. The van der Waals surface area contributed by atoms with E-state index in [1.54, 1.807) is 36.4 Å². The molecule has 2 heterocycles. The predicted octanol–water partition coefficient (Wildman–Crippen LogP) is 2.50. The Balaban J connectivity index is 1.29. The Bertz CT molecular complexity index is 880. The molecule has 8 heteroatoms. The monoisotopic (exact) mass is 368 g/mol. The van der Waals surface area contributed by atoms with Crippen LogP contribution in [0, 0.1) is 5.41 Å². The molecule has 2 aliphatic heterocycles. The van der Waals surface area contributed by atoms with E-state index in [1.165, 1.54) is 0 Å². The van der Waals surface area contributed by atoms with Crippen molar-refractivity contribution in [1.29, 1.82) is 0 Å². The van der Waals surface area contributed by atoms with Crippen LogP contribution in [0.15, 0.2) is 36.4 Å². The van der Waals surface area contributed by atoms with Crippen LogP contribution in [0.3, 0.4) is 0 Å². The molecule has 138 valence electrons. The Morgan fingerprint density at radius 3 is 1.59 bits per heavy atom. The number of ether oxygens (including phenoxy) is 4. The van der Waals surface area contributed by atoms with Crippen LogP contribution in [0.1, 0.15) is 12.8 Å². The maximum absolute atomic E-state index is 12.7. The minimum atomic E-state index is -1.06. The molecule has 3 aliphatic rings. The van der Waals surface area contributed by atoms with Crippen LogP contribution in [-0.4, -0.2) is 25.4 Å². The zero-order valence-electron chi connectivity index (χ0n) is 14.2. The van der Waals surface area contributed by atoms with Crippen LogP contribution in [0.2, 0.25) is 0 Å². The van der Waals surface area contributed by atoms with Crippen LogP contribution in [-0.2, 0) is 9.59 Å². The summed E-state index contributed by atoms with van der Waals surface area (Å²) in [5, 5.41) is 5.61. The average molecular weight is 368 g/mol. The molecule has 1 aliphatic carbocycles. The highest BCUT2D eigenvalue weighted by molar-refractivity contribution is 6.17. The van der Waals surface area contributed by atoms with Crippen LogP contribution < -0.4 is 29.6 Å². The number of rotatable bonds is 4. The van der Waals surface area contributed by atoms with Crippen molar-refractivity contribution in [2.45, 2.75) is 12.8 Å². The number of nitrogens with one attached hydrogen (secondary N) is 2. The molecule has 8 nitrogen and oxygen atoms in total. The molecule has 0 radical (unpaired) electrons. The van der Waals surface area contributed by atoms with Crippen molar-refractivity contribution in [3.05, 3.63) is 36.4 Å². The molecule has 2 aromatic carbocycles. The first-order chi connectivity index (χ1) is 13.1. The fraction of sp³-hybridized carbons (Fsp3) is 0.263. The van der Waals surface area contributed by atoms with E-state index < -0.39 is 5.41 Å². The lowest BCUT2D eigenvalue weighted by Gasteiger charge is -2.16. The van der Waals surface area contributed by atoms with Gasteiger partial charge in [0.2, 0.25) is 25.4 Å². The molecule has 0 spiro atoms. The quantitative estimate of drug-likeness (QED) is 0.805. The van der Waals surface area contributed by atoms with Gasteiger partial charge in [-0.1, -0.05) is 0 Å². The normalized spacial score (nSPS) is 17.3. The zero-order chi connectivity index (χ0) is 18.4. The zero-order valence-corrected chi connectivity index (χ0v) is 14.2. The summed E-state index contributed by atoms with van der Waals surface area (Å²) in [6, 6.07) is 10.3. The van der Waals surface area contributed by atoms with E-state index in [-0.39, 0.29) is 25.4 Å². The van der Waals surface area contributed by atoms with Gasteiger partial charge < -0.3 is 29.6 Å². The molecular formula is C19H16N2O6. The minimum Gasteiger partial charge on any atom is -0.454 e. The number of amides is 2. The maximum Gasteiger partial charge on any atom is 0.240 e. The van der Waals surface area contributed by atoms with Crippen molar-refractivity contribution in [2.75, 3.05) is 24.2 Å². The Hall–Kier alpha value is -3.42. The summed E-state index contributed by atoms with van der Waals surface area (Å²) in [4.78, 5) is 25.5. The number of hydrogen-bond donors (Lipinski definition) is 2. The summed E-state index contributed by atoms with van der Waals surface area (Å²) >= 11 is 0. The second-order valence-corrected chi connectivity index (χ2v) is 6.63. The standard InChI is InChI=1S/C19H16N2O6/c22-17(20-11-1-3-13-15(7-11)26-9-24-13)19(5-6-19)18(23)21-12-2-4-14-16(8-12)27-10-25-14/h1-4,7-8H,5-6,9-10H2,(H,20,22)(H,21,23). The number of hydrogen-bond acceptors (Lipinski definition) is 6. The smallest absolute Gasteiger partial charge is 0.240 e. The molecule has 0 saturated heterocycles. The SMILES string of the molecule is O=C(Nc1ccc2c(c1)OCO2)C1(C(=O)Nc2ccc3c(c2)OCO3)CC1. The first kappa shape index (κ1) is 15.8. The second kappa shape index (κ2) is 5.80. The maximum atomic E-state index is 12.7. The van der Waals surface area contributed by atoms with Gasteiger partial charge >= 0.3 is 0 Å². The van der Waals surface area contributed by atoms with Crippen LogP contribution in [0.25, 0.3) is 0 Å². The Labute approximate surface area is 154 Å². The lowest BCUT2D eigenvalue weighted by Crippen LogP contribution is -2.35. The molecule has 1 saturated carbocycles. The number of anilines is 2. The third-order valence-corrected chi connectivity index (χ3v) is 4.88. The van der Waals surface area contributed by atoms with Crippen molar-refractivity contribution in [3.8, 4) is 23.0 Å². The van der Waals surface area contributed by atoms with E-state index in [0.717, 1.165) is 0 Å². The average Bonchev–Trinajstić information content (AvgIpc) is 3.13.